The van der Waals surface area contributed by atoms with E-state index in [-0.39, 0.29) is 6.61 Å². The summed E-state index contributed by atoms with van der Waals surface area (Å²) >= 11 is 0. The molecule has 2 unspecified atom stereocenters. The largest absolute Gasteiger partial charge is 0.467 e. The molecule has 0 bridgehead atoms. The summed E-state index contributed by atoms with van der Waals surface area (Å²) in [5, 5.41) is 7.79. The van der Waals surface area contributed by atoms with Gasteiger partial charge in [-0.25, -0.2) is 14.4 Å². The smallest absolute Gasteiger partial charge is 0.408 e. The Morgan fingerprint density at radius 2 is 1.62 bits per heavy atom. The molecule has 0 spiro atoms. The highest BCUT2D eigenvalue weighted by atomic mass is 16.6. The molecule has 34 heavy (non-hydrogen) atoms. The second kappa shape index (κ2) is 14.8. The van der Waals surface area contributed by atoms with Crippen LogP contribution >= 0.6 is 0 Å². The maximum atomic E-state index is 12.6. The number of hydrogen-bond acceptors (Lipinski definition) is 7. The number of carbonyl (C=O) groups excluding carboxylic acids is 4. The lowest BCUT2D eigenvalue weighted by molar-refractivity contribution is -0.145. The third kappa shape index (κ3) is 12.1. The van der Waals surface area contributed by atoms with Gasteiger partial charge in [0.1, 0.15) is 24.3 Å². The zero-order chi connectivity index (χ0) is 25.6. The van der Waals surface area contributed by atoms with Gasteiger partial charge in [0.25, 0.3) is 0 Å². The molecular formula is C24H37N3O7. The molecule has 0 aliphatic heterocycles. The molecule has 1 aromatic carbocycles. The van der Waals surface area contributed by atoms with Crippen molar-refractivity contribution in [1.29, 1.82) is 0 Å². The predicted octanol–water partition coefficient (Wildman–Crippen LogP) is 3.04. The summed E-state index contributed by atoms with van der Waals surface area (Å²) in [5.74, 6) is -1.10. The number of amides is 3. The number of benzene rings is 1. The summed E-state index contributed by atoms with van der Waals surface area (Å²) in [6, 6.07) is 7.60. The minimum Gasteiger partial charge on any atom is -0.467 e. The summed E-state index contributed by atoms with van der Waals surface area (Å²) in [6.45, 7) is 7.43. The standard InChI is InChI=1S/C24H37N3O7/c1-6-18(27-23(31)34-24(2,3)4)20(28)26-19(21(29)32-5)14-10-11-15-25-22(30)33-16-17-12-8-7-9-13-17/h7-9,12-13,18-19H,6,10-11,14-16H2,1-5H3,(H,25,30)(H,26,28)(H,27,31). The van der Waals surface area contributed by atoms with E-state index in [9.17, 15) is 19.2 Å². The number of ether oxygens (including phenoxy) is 3. The van der Waals surface area contributed by atoms with Crippen molar-refractivity contribution in [2.24, 2.45) is 0 Å². The van der Waals surface area contributed by atoms with Crippen LogP contribution in [0.2, 0.25) is 0 Å². The summed E-state index contributed by atoms with van der Waals surface area (Å²) in [5.41, 5.74) is 0.191. The first-order valence-electron chi connectivity index (χ1n) is 11.4. The normalized spacial score (nSPS) is 12.6. The maximum absolute atomic E-state index is 12.6. The highest BCUT2D eigenvalue weighted by molar-refractivity contribution is 5.89. The monoisotopic (exact) mass is 479 g/mol. The van der Waals surface area contributed by atoms with E-state index in [1.165, 1.54) is 7.11 Å². The topological polar surface area (TPSA) is 132 Å². The van der Waals surface area contributed by atoms with Crippen molar-refractivity contribution >= 4 is 24.1 Å². The molecule has 0 fully saturated rings. The Hall–Kier alpha value is -3.30. The molecule has 3 N–H and O–H groups in total. The average Bonchev–Trinajstić information content (AvgIpc) is 2.79. The fourth-order valence-corrected chi connectivity index (χ4v) is 2.90. The predicted molar refractivity (Wildman–Crippen MR) is 126 cm³/mol. The van der Waals surface area contributed by atoms with Gasteiger partial charge in [0, 0.05) is 6.54 Å². The van der Waals surface area contributed by atoms with Crippen LogP contribution in [-0.2, 0) is 30.4 Å². The van der Waals surface area contributed by atoms with Crippen LogP contribution in [0.15, 0.2) is 30.3 Å². The number of alkyl carbamates (subject to hydrolysis) is 2. The summed E-state index contributed by atoms with van der Waals surface area (Å²) in [6.07, 6.45) is 0.484. The van der Waals surface area contributed by atoms with Gasteiger partial charge in [0.15, 0.2) is 0 Å². The minimum atomic E-state index is -0.878. The number of esters is 1. The number of nitrogens with one attached hydrogen (secondary N) is 3. The van der Waals surface area contributed by atoms with E-state index in [0.717, 1.165) is 5.56 Å². The molecule has 0 aliphatic carbocycles. The van der Waals surface area contributed by atoms with Crippen molar-refractivity contribution in [1.82, 2.24) is 16.0 Å². The van der Waals surface area contributed by atoms with Crippen molar-refractivity contribution < 1.29 is 33.4 Å². The third-order valence-electron chi connectivity index (χ3n) is 4.62. The number of carbonyl (C=O) groups is 4. The van der Waals surface area contributed by atoms with Gasteiger partial charge < -0.3 is 30.2 Å². The Kier molecular flexibility index (Phi) is 12.5. The van der Waals surface area contributed by atoms with Crippen LogP contribution in [0, 0.1) is 0 Å². The first kappa shape index (κ1) is 28.7. The molecule has 2 atom stereocenters. The molecule has 10 nitrogen and oxygen atoms in total. The molecule has 3 amide bonds. The Morgan fingerprint density at radius 3 is 2.21 bits per heavy atom. The molecule has 1 aromatic rings. The lowest BCUT2D eigenvalue weighted by Gasteiger charge is -2.24. The van der Waals surface area contributed by atoms with Crippen LogP contribution in [0.4, 0.5) is 9.59 Å². The SMILES string of the molecule is CCC(NC(=O)OC(C)(C)C)C(=O)NC(CCCCNC(=O)OCc1ccccc1)C(=O)OC. The number of methoxy groups -OCH3 is 1. The van der Waals surface area contributed by atoms with Gasteiger partial charge in [-0.15, -0.1) is 0 Å². The lowest BCUT2D eigenvalue weighted by atomic mass is 10.1. The van der Waals surface area contributed by atoms with Crippen LogP contribution in [0.5, 0.6) is 0 Å². The Morgan fingerprint density at radius 1 is 0.941 bits per heavy atom. The van der Waals surface area contributed by atoms with Gasteiger partial charge >= 0.3 is 18.2 Å². The van der Waals surface area contributed by atoms with Crippen LogP contribution in [0.3, 0.4) is 0 Å². The first-order chi connectivity index (χ1) is 16.1. The van der Waals surface area contributed by atoms with E-state index in [2.05, 4.69) is 16.0 Å². The van der Waals surface area contributed by atoms with Crippen molar-refractivity contribution in [3.05, 3.63) is 35.9 Å². The fourth-order valence-electron chi connectivity index (χ4n) is 2.90. The second-order valence-corrected chi connectivity index (χ2v) is 8.68. The van der Waals surface area contributed by atoms with Crippen LogP contribution < -0.4 is 16.0 Å². The summed E-state index contributed by atoms with van der Waals surface area (Å²) in [4.78, 5) is 48.5. The van der Waals surface area contributed by atoms with Gasteiger partial charge in [0.2, 0.25) is 5.91 Å². The number of rotatable bonds is 12. The third-order valence-corrected chi connectivity index (χ3v) is 4.62. The summed E-state index contributed by atoms with van der Waals surface area (Å²) < 4.78 is 15.1. The molecule has 190 valence electrons. The van der Waals surface area contributed by atoms with Crippen molar-refractivity contribution in [3.63, 3.8) is 0 Å². The van der Waals surface area contributed by atoms with Crippen LogP contribution in [0.1, 0.15) is 58.9 Å². The van der Waals surface area contributed by atoms with Gasteiger partial charge in [-0.05, 0) is 52.0 Å². The number of hydrogen-bond donors (Lipinski definition) is 3. The van der Waals surface area contributed by atoms with E-state index in [0.29, 0.717) is 32.2 Å². The van der Waals surface area contributed by atoms with Gasteiger partial charge in [-0.2, -0.15) is 0 Å². The van der Waals surface area contributed by atoms with E-state index in [1.54, 1.807) is 27.7 Å². The zero-order valence-corrected chi connectivity index (χ0v) is 20.6. The van der Waals surface area contributed by atoms with Crippen molar-refractivity contribution in [2.75, 3.05) is 13.7 Å². The second-order valence-electron chi connectivity index (χ2n) is 8.68. The van der Waals surface area contributed by atoms with Gasteiger partial charge in [0.05, 0.1) is 7.11 Å². The maximum Gasteiger partial charge on any atom is 0.408 e. The van der Waals surface area contributed by atoms with E-state index in [4.69, 9.17) is 14.2 Å². The average molecular weight is 480 g/mol. The number of unbranched alkanes of at least 4 members (excludes halogenated alkanes) is 1. The highest BCUT2D eigenvalue weighted by Gasteiger charge is 2.27. The molecule has 0 aliphatic rings. The van der Waals surface area contributed by atoms with Crippen molar-refractivity contribution in [2.45, 2.75) is 77.7 Å². The first-order valence-corrected chi connectivity index (χ1v) is 11.4. The fraction of sp³-hybridized carbons (Fsp3) is 0.583. The Balaban J connectivity index is 2.42. The minimum absolute atomic E-state index is 0.180. The lowest BCUT2D eigenvalue weighted by Crippen LogP contribution is -2.52. The molecule has 1 rings (SSSR count). The Labute approximate surface area is 201 Å². The van der Waals surface area contributed by atoms with Crippen LogP contribution in [0.25, 0.3) is 0 Å². The quantitative estimate of drug-likeness (QED) is 0.238. The molecule has 0 saturated carbocycles. The van der Waals surface area contributed by atoms with E-state index in [1.807, 2.05) is 30.3 Å². The molecule has 0 radical (unpaired) electrons. The zero-order valence-electron chi connectivity index (χ0n) is 20.6. The van der Waals surface area contributed by atoms with Crippen LogP contribution in [-0.4, -0.2) is 55.4 Å². The van der Waals surface area contributed by atoms with Crippen molar-refractivity contribution in [3.8, 4) is 0 Å². The summed E-state index contributed by atoms with van der Waals surface area (Å²) in [7, 11) is 1.24. The molecular weight excluding hydrogens is 442 g/mol. The van der Waals surface area contributed by atoms with E-state index >= 15 is 0 Å². The molecule has 0 aromatic heterocycles. The Bertz CT molecular complexity index is 794. The van der Waals surface area contributed by atoms with E-state index < -0.39 is 41.7 Å². The van der Waals surface area contributed by atoms with Gasteiger partial charge in [-0.1, -0.05) is 37.3 Å². The molecule has 0 heterocycles. The highest BCUT2D eigenvalue weighted by Crippen LogP contribution is 2.08. The van der Waals surface area contributed by atoms with Gasteiger partial charge in [-0.3, -0.25) is 4.79 Å². The molecule has 0 saturated heterocycles. The molecule has 10 heteroatoms.